The highest BCUT2D eigenvalue weighted by molar-refractivity contribution is 7.89. The Morgan fingerprint density at radius 2 is 1.92 bits per heavy atom. The minimum absolute atomic E-state index is 0.109. The van der Waals surface area contributed by atoms with Crippen LogP contribution in [-0.2, 0) is 14.8 Å². The molecule has 0 saturated carbocycles. The first-order valence-corrected chi connectivity index (χ1v) is 10.1. The van der Waals surface area contributed by atoms with E-state index < -0.39 is 10.0 Å². The number of carbonyl (C=O) groups is 1. The van der Waals surface area contributed by atoms with Gasteiger partial charge in [0.1, 0.15) is 0 Å². The van der Waals surface area contributed by atoms with Gasteiger partial charge in [0.2, 0.25) is 15.9 Å². The summed E-state index contributed by atoms with van der Waals surface area (Å²) in [5.74, 6) is -0.104. The molecule has 6 nitrogen and oxygen atoms in total. The van der Waals surface area contributed by atoms with E-state index in [0.29, 0.717) is 13.0 Å². The third-order valence-electron chi connectivity index (χ3n) is 5.13. The van der Waals surface area contributed by atoms with Crippen LogP contribution < -0.4 is 0 Å². The Hall–Kier alpha value is -1.99. The second kappa shape index (κ2) is 6.38. The Morgan fingerprint density at radius 1 is 1.12 bits per heavy atom. The number of aromatic nitrogens is 1. The predicted octanol–water partition coefficient (Wildman–Crippen LogP) is 1.87. The molecule has 2 aromatic rings. The number of sulfonamides is 1. The van der Waals surface area contributed by atoms with Crippen LogP contribution in [0.15, 0.2) is 41.4 Å². The van der Waals surface area contributed by atoms with E-state index in [1.807, 2.05) is 11.0 Å². The topological polar surface area (TPSA) is 70.6 Å². The molecule has 1 atom stereocenters. The highest BCUT2D eigenvalue weighted by Crippen LogP contribution is 2.28. The van der Waals surface area contributed by atoms with Gasteiger partial charge in [-0.1, -0.05) is 6.07 Å². The molecule has 7 heteroatoms. The zero-order chi connectivity index (χ0) is 17.4. The van der Waals surface area contributed by atoms with E-state index in [0.717, 1.165) is 36.8 Å². The molecule has 0 radical (unpaired) electrons. The molecule has 2 aliphatic heterocycles. The van der Waals surface area contributed by atoms with Crippen LogP contribution in [0.1, 0.15) is 19.3 Å². The van der Waals surface area contributed by atoms with Gasteiger partial charge in [-0.2, -0.15) is 4.31 Å². The third-order valence-corrected chi connectivity index (χ3v) is 6.99. The molecular weight excluding hydrogens is 338 g/mol. The molecule has 1 unspecified atom stereocenters. The summed E-state index contributed by atoms with van der Waals surface area (Å²) in [6, 6.07) is 8.63. The standard InChI is InChI=1S/C18H21N3O3S/c22-18(20-9-1-2-10-20)15-7-11-21(13-15)25(23,24)16-5-6-17-14(12-16)4-3-8-19-17/h3-6,8,12,15H,1-2,7,9-11,13H2. The lowest BCUT2D eigenvalue weighted by molar-refractivity contribution is -0.133. The number of hydrogen-bond donors (Lipinski definition) is 0. The van der Waals surface area contributed by atoms with E-state index in [-0.39, 0.29) is 23.3 Å². The zero-order valence-electron chi connectivity index (χ0n) is 14.0. The number of fused-ring (bicyclic) bond motifs is 1. The third kappa shape index (κ3) is 3.02. The molecule has 0 bridgehead atoms. The molecule has 3 heterocycles. The first kappa shape index (κ1) is 16.5. The zero-order valence-corrected chi connectivity index (χ0v) is 14.8. The summed E-state index contributed by atoms with van der Waals surface area (Å²) < 4.78 is 27.3. The lowest BCUT2D eigenvalue weighted by atomic mass is 10.1. The van der Waals surface area contributed by atoms with Gasteiger partial charge in [-0.05, 0) is 43.5 Å². The predicted molar refractivity (Wildman–Crippen MR) is 94.4 cm³/mol. The van der Waals surface area contributed by atoms with E-state index in [1.54, 1.807) is 30.5 Å². The van der Waals surface area contributed by atoms with Crippen molar-refractivity contribution in [3.05, 3.63) is 36.5 Å². The van der Waals surface area contributed by atoms with Crippen LogP contribution in [0.5, 0.6) is 0 Å². The van der Waals surface area contributed by atoms with Crippen molar-refractivity contribution in [2.24, 2.45) is 5.92 Å². The van der Waals surface area contributed by atoms with Crippen molar-refractivity contribution in [1.29, 1.82) is 0 Å². The highest BCUT2D eigenvalue weighted by atomic mass is 32.2. The summed E-state index contributed by atoms with van der Waals surface area (Å²) in [5.41, 5.74) is 0.768. The van der Waals surface area contributed by atoms with E-state index in [4.69, 9.17) is 0 Å². The van der Waals surface area contributed by atoms with Gasteiger partial charge in [0.05, 0.1) is 16.3 Å². The molecule has 1 amide bonds. The number of likely N-dealkylation sites (tertiary alicyclic amines) is 1. The summed E-state index contributed by atoms with van der Waals surface area (Å²) in [4.78, 5) is 18.9. The van der Waals surface area contributed by atoms with Crippen LogP contribution in [-0.4, -0.2) is 54.7 Å². The maximum atomic E-state index is 12.9. The molecule has 4 rings (SSSR count). The number of pyridine rings is 1. The summed E-state index contributed by atoms with van der Waals surface area (Å²) >= 11 is 0. The lowest BCUT2D eigenvalue weighted by Gasteiger charge is -2.20. The molecule has 25 heavy (non-hydrogen) atoms. The van der Waals surface area contributed by atoms with Crippen LogP contribution >= 0.6 is 0 Å². The van der Waals surface area contributed by atoms with Crippen molar-refractivity contribution in [3.8, 4) is 0 Å². The molecule has 0 aliphatic carbocycles. The average molecular weight is 359 g/mol. The van der Waals surface area contributed by atoms with Crippen molar-refractivity contribution in [3.63, 3.8) is 0 Å². The van der Waals surface area contributed by atoms with Gasteiger partial charge in [-0.15, -0.1) is 0 Å². The Kier molecular flexibility index (Phi) is 4.21. The van der Waals surface area contributed by atoms with E-state index in [2.05, 4.69) is 4.98 Å². The van der Waals surface area contributed by atoms with Crippen LogP contribution in [0.25, 0.3) is 10.9 Å². The summed E-state index contributed by atoms with van der Waals surface area (Å²) in [6.07, 6.45) is 4.38. The second-order valence-electron chi connectivity index (χ2n) is 6.74. The highest BCUT2D eigenvalue weighted by Gasteiger charge is 2.37. The Morgan fingerprint density at radius 3 is 2.72 bits per heavy atom. The first-order chi connectivity index (χ1) is 12.1. The molecule has 2 fully saturated rings. The van der Waals surface area contributed by atoms with Gasteiger partial charge < -0.3 is 4.90 Å². The quantitative estimate of drug-likeness (QED) is 0.839. The number of hydrogen-bond acceptors (Lipinski definition) is 4. The number of rotatable bonds is 3. The SMILES string of the molecule is O=C(C1CCN(S(=O)(=O)c2ccc3ncccc3c2)C1)N1CCCC1. The summed E-state index contributed by atoms with van der Waals surface area (Å²) in [7, 11) is -3.59. The molecule has 0 N–H and O–H groups in total. The van der Waals surface area contributed by atoms with Crippen LogP contribution in [0, 0.1) is 5.92 Å². The fourth-order valence-electron chi connectivity index (χ4n) is 3.71. The second-order valence-corrected chi connectivity index (χ2v) is 8.68. The average Bonchev–Trinajstić information content (AvgIpc) is 3.32. The van der Waals surface area contributed by atoms with Crippen molar-refractivity contribution in [1.82, 2.24) is 14.2 Å². The molecule has 2 saturated heterocycles. The van der Waals surface area contributed by atoms with E-state index in [9.17, 15) is 13.2 Å². The van der Waals surface area contributed by atoms with Crippen molar-refractivity contribution in [2.75, 3.05) is 26.2 Å². The van der Waals surface area contributed by atoms with Crippen LogP contribution in [0.4, 0.5) is 0 Å². The van der Waals surface area contributed by atoms with Crippen molar-refractivity contribution in [2.45, 2.75) is 24.2 Å². The number of carbonyl (C=O) groups excluding carboxylic acids is 1. The fourth-order valence-corrected chi connectivity index (χ4v) is 5.24. The van der Waals surface area contributed by atoms with Crippen molar-refractivity contribution >= 4 is 26.8 Å². The summed E-state index contributed by atoms with van der Waals surface area (Å²) in [6.45, 7) is 2.29. The normalized spacial score (nSPS) is 21.9. The van der Waals surface area contributed by atoms with Gasteiger partial charge in [-0.25, -0.2) is 8.42 Å². The number of benzene rings is 1. The largest absolute Gasteiger partial charge is 0.342 e. The van der Waals surface area contributed by atoms with Gasteiger partial charge in [0.25, 0.3) is 0 Å². The Bertz CT molecular complexity index is 907. The Balaban J connectivity index is 1.54. The minimum atomic E-state index is -3.59. The Labute approximate surface area is 147 Å². The molecule has 0 spiro atoms. The van der Waals surface area contributed by atoms with Gasteiger partial charge in [0.15, 0.2) is 0 Å². The summed E-state index contributed by atoms with van der Waals surface area (Å²) in [5, 5.41) is 0.799. The lowest BCUT2D eigenvalue weighted by Crippen LogP contribution is -2.36. The monoisotopic (exact) mass is 359 g/mol. The van der Waals surface area contributed by atoms with Gasteiger partial charge >= 0.3 is 0 Å². The number of nitrogens with zero attached hydrogens (tertiary/aromatic N) is 3. The van der Waals surface area contributed by atoms with E-state index in [1.165, 1.54) is 4.31 Å². The fraction of sp³-hybridized carbons (Fsp3) is 0.444. The molecule has 1 aromatic carbocycles. The van der Waals surface area contributed by atoms with Crippen molar-refractivity contribution < 1.29 is 13.2 Å². The van der Waals surface area contributed by atoms with Crippen LogP contribution in [0.2, 0.25) is 0 Å². The smallest absolute Gasteiger partial charge is 0.243 e. The first-order valence-electron chi connectivity index (χ1n) is 8.69. The van der Waals surface area contributed by atoms with Crippen LogP contribution in [0.3, 0.4) is 0 Å². The molecule has 2 aliphatic rings. The van der Waals surface area contributed by atoms with Gasteiger partial charge in [0, 0.05) is 37.8 Å². The molecule has 132 valence electrons. The van der Waals surface area contributed by atoms with Gasteiger partial charge in [-0.3, -0.25) is 9.78 Å². The molecule has 1 aromatic heterocycles. The molecular formula is C18H21N3O3S. The van der Waals surface area contributed by atoms with E-state index >= 15 is 0 Å². The minimum Gasteiger partial charge on any atom is -0.342 e. The maximum Gasteiger partial charge on any atom is 0.243 e. The maximum absolute atomic E-state index is 12.9. The number of amides is 1.